The van der Waals surface area contributed by atoms with Crippen molar-refractivity contribution in [3.8, 4) is 17.2 Å². The first kappa shape index (κ1) is 29.9. The van der Waals surface area contributed by atoms with Crippen LogP contribution in [0.25, 0.3) is 0 Å². The molecule has 3 aliphatic rings. The first-order chi connectivity index (χ1) is 19.6. The molecule has 13 heteroatoms. The zero-order valence-corrected chi connectivity index (χ0v) is 23.4. The Morgan fingerprint density at radius 3 is 2.17 bits per heavy atom. The molecule has 5 rings (SSSR count). The Hall–Kier alpha value is -3.59. The van der Waals surface area contributed by atoms with Crippen LogP contribution in [-0.4, -0.2) is 98.2 Å². The zero-order valence-electron chi connectivity index (χ0n) is 23.4. The highest BCUT2D eigenvalue weighted by atomic mass is 16.7. The molecule has 1 saturated heterocycles. The number of ketones is 2. The third-order valence-electron chi connectivity index (χ3n) is 8.52. The van der Waals surface area contributed by atoms with Crippen LogP contribution in [0, 0.1) is 0 Å². The molecule has 1 fully saturated rings. The van der Waals surface area contributed by atoms with E-state index in [1.54, 1.807) is 0 Å². The summed E-state index contributed by atoms with van der Waals surface area (Å²) in [7, 11) is 2.36. The molecule has 226 valence electrons. The van der Waals surface area contributed by atoms with Gasteiger partial charge in [-0.1, -0.05) is 0 Å². The van der Waals surface area contributed by atoms with Gasteiger partial charge >= 0.3 is 5.97 Å². The highest BCUT2D eigenvalue weighted by Gasteiger charge is 2.56. The van der Waals surface area contributed by atoms with Gasteiger partial charge in [-0.05, 0) is 44.5 Å². The SMILES string of the molecule is COC(=O)C1c2cc3c(c(O)c2C(O[C@@H]2O[C@@H](C)[C@H](O)[C@@](C)(O)[C@H]2OC)C[C@]1(C)O)C(=O)c1c(O)ccc(O)c1C3=O. The number of aromatic hydroxyl groups is 3. The predicted molar refractivity (Wildman–Crippen MR) is 140 cm³/mol. The average Bonchev–Trinajstić information content (AvgIpc) is 2.90. The summed E-state index contributed by atoms with van der Waals surface area (Å²) in [4.78, 5) is 40.2. The molecule has 0 spiro atoms. The molecule has 0 radical (unpaired) electrons. The van der Waals surface area contributed by atoms with Crippen LogP contribution in [0.5, 0.6) is 17.2 Å². The maximum atomic E-state index is 13.6. The van der Waals surface area contributed by atoms with Crippen LogP contribution in [0.2, 0.25) is 0 Å². The summed E-state index contributed by atoms with van der Waals surface area (Å²) in [6, 6.07) is 3.22. The standard InChI is InChI=1S/C29H32O13/c1-10-24(35)29(3,38)25(39-4)27(41-10)42-15-9-28(2,37)20(26(36)40-5)11-8-12-17(22(33)16(11)15)23(34)19-14(31)7-6-13(30)18(19)21(12)32/h6-8,10,15,20,24-25,27,30-31,33,35,37-38H,9H2,1-5H3/t10-,15?,20?,24-,25-,27-,28-,29+/m0/s1. The molecule has 13 nitrogen and oxygen atoms in total. The summed E-state index contributed by atoms with van der Waals surface area (Å²) in [6.07, 6.45) is -6.60. The van der Waals surface area contributed by atoms with Gasteiger partial charge in [0.2, 0.25) is 5.78 Å². The van der Waals surface area contributed by atoms with Gasteiger partial charge in [-0.3, -0.25) is 14.4 Å². The van der Waals surface area contributed by atoms with Crippen molar-refractivity contribution >= 4 is 17.5 Å². The van der Waals surface area contributed by atoms with Crippen molar-refractivity contribution in [1.29, 1.82) is 0 Å². The second-order valence-electron chi connectivity index (χ2n) is 11.3. The van der Waals surface area contributed by atoms with E-state index in [-0.39, 0.29) is 23.1 Å². The zero-order chi connectivity index (χ0) is 31.0. The van der Waals surface area contributed by atoms with E-state index in [2.05, 4.69) is 0 Å². The number of phenolic OH excluding ortho intramolecular Hbond substituents is 3. The number of hydrogen-bond donors (Lipinski definition) is 6. The number of aliphatic hydroxyl groups excluding tert-OH is 1. The van der Waals surface area contributed by atoms with Crippen LogP contribution in [0.1, 0.15) is 82.2 Å². The molecule has 2 unspecified atom stereocenters. The number of rotatable bonds is 4. The van der Waals surface area contributed by atoms with E-state index in [0.29, 0.717) is 0 Å². The van der Waals surface area contributed by atoms with Gasteiger partial charge in [-0.25, -0.2) is 0 Å². The molecule has 2 aromatic carbocycles. The normalized spacial score (nSPS) is 33.9. The van der Waals surface area contributed by atoms with Crippen LogP contribution >= 0.6 is 0 Å². The van der Waals surface area contributed by atoms with Crippen molar-refractivity contribution < 1.29 is 64.0 Å². The molecule has 8 atom stereocenters. The van der Waals surface area contributed by atoms with E-state index < -0.39 is 99.3 Å². The Balaban J connectivity index is 1.72. The van der Waals surface area contributed by atoms with E-state index in [4.69, 9.17) is 18.9 Å². The average molecular weight is 589 g/mol. The number of benzene rings is 2. The summed E-state index contributed by atoms with van der Waals surface area (Å²) in [6.45, 7) is 4.16. The Bertz CT molecular complexity index is 1490. The Labute approximate surface area is 239 Å². The van der Waals surface area contributed by atoms with E-state index in [1.807, 2.05) is 0 Å². The number of hydrogen-bond acceptors (Lipinski definition) is 13. The van der Waals surface area contributed by atoms with Crippen molar-refractivity contribution in [2.24, 2.45) is 0 Å². The van der Waals surface area contributed by atoms with Crippen molar-refractivity contribution in [2.75, 3.05) is 14.2 Å². The van der Waals surface area contributed by atoms with E-state index >= 15 is 0 Å². The first-order valence-corrected chi connectivity index (χ1v) is 13.2. The molecule has 1 heterocycles. The lowest BCUT2D eigenvalue weighted by Crippen LogP contribution is -2.65. The van der Waals surface area contributed by atoms with Gasteiger partial charge in [-0.2, -0.15) is 0 Å². The summed E-state index contributed by atoms with van der Waals surface area (Å²) < 4.78 is 22.3. The molecule has 0 bridgehead atoms. The van der Waals surface area contributed by atoms with Crippen LogP contribution in [0.15, 0.2) is 18.2 Å². The summed E-state index contributed by atoms with van der Waals surface area (Å²) >= 11 is 0. The van der Waals surface area contributed by atoms with Crippen molar-refractivity contribution in [2.45, 2.75) is 75.0 Å². The minimum absolute atomic E-state index is 0.0896. The van der Waals surface area contributed by atoms with Crippen LogP contribution < -0.4 is 0 Å². The quantitative estimate of drug-likeness (QED) is 0.185. The number of aliphatic hydroxyl groups is 3. The van der Waals surface area contributed by atoms with Crippen LogP contribution in [0.4, 0.5) is 0 Å². The largest absolute Gasteiger partial charge is 0.507 e. The summed E-state index contributed by atoms with van der Waals surface area (Å²) in [5, 5.41) is 65.4. The van der Waals surface area contributed by atoms with Gasteiger partial charge < -0.3 is 49.6 Å². The third-order valence-corrected chi connectivity index (χ3v) is 8.52. The summed E-state index contributed by atoms with van der Waals surface area (Å²) in [5.74, 6) is -6.17. The van der Waals surface area contributed by atoms with Crippen molar-refractivity contribution in [3.63, 3.8) is 0 Å². The van der Waals surface area contributed by atoms with Gasteiger partial charge in [0.1, 0.15) is 41.0 Å². The number of fused-ring (bicyclic) bond motifs is 3. The maximum Gasteiger partial charge on any atom is 0.316 e. The molecular weight excluding hydrogens is 556 g/mol. The third kappa shape index (κ3) is 4.19. The molecular formula is C29H32O13. The minimum Gasteiger partial charge on any atom is -0.507 e. The predicted octanol–water partition coefficient (Wildman–Crippen LogP) is 0.919. The highest BCUT2D eigenvalue weighted by molar-refractivity contribution is 6.31. The fourth-order valence-electron chi connectivity index (χ4n) is 6.43. The fraction of sp³-hybridized carbons (Fsp3) is 0.483. The van der Waals surface area contributed by atoms with Crippen LogP contribution in [-0.2, 0) is 23.7 Å². The lowest BCUT2D eigenvalue weighted by Gasteiger charge is -2.49. The number of ether oxygens (including phenoxy) is 4. The Kier molecular flexibility index (Phi) is 7.12. The maximum absolute atomic E-state index is 13.6. The second kappa shape index (κ2) is 10.0. The lowest BCUT2D eigenvalue weighted by molar-refractivity contribution is -0.338. The van der Waals surface area contributed by atoms with Gasteiger partial charge in [0, 0.05) is 24.7 Å². The number of carbonyl (C=O) groups excluding carboxylic acids is 3. The van der Waals surface area contributed by atoms with Crippen molar-refractivity contribution in [3.05, 3.63) is 51.6 Å². The van der Waals surface area contributed by atoms with E-state index in [1.165, 1.54) is 27.9 Å². The number of phenols is 3. The van der Waals surface area contributed by atoms with Crippen molar-refractivity contribution in [1.82, 2.24) is 0 Å². The molecule has 42 heavy (non-hydrogen) atoms. The summed E-state index contributed by atoms with van der Waals surface area (Å²) in [5.41, 5.74) is -5.85. The van der Waals surface area contributed by atoms with Gasteiger partial charge in [0.05, 0.1) is 41.6 Å². The first-order valence-electron chi connectivity index (χ1n) is 13.2. The van der Waals surface area contributed by atoms with E-state index in [0.717, 1.165) is 25.3 Å². The molecule has 0 saturated carbocycles. The molecule has 0 amide bonds. The van der Waals surface area contributed by atoms with Gasteiger partial charge in [0.15, 0.2) is 12.1 Å². The molecule has 6 N–H and O–H groups in total. The second-order valence-corrected chi connectivity index (χ2v) is 11.3. The number of esters is 1. The Morgan fingerprint density at radius 2 is 1.60 bits per heavy atom. The molecule has 1 aliphatic heterocycles. The monoisotopic (exact) mass is 588 g/mol. The molecule has 2 aliphatic carbocycles. The highest BCUT2D eigenvalue weighted by Crippen LogP contribution is 2.53. The lowest BCUT2D eigenvalue weighted by atomic mass is 9.68. The minimum atomic E-state index is -1.89. The van der Waals surface area contributed by atoms with E-state index in [9.17, 15) is 45.0 Å². The van der Waals surface area contributed by atoms with Gasteiger partial charge in [0.25, 0.3) is 0 Å². The number of methoxy groups -OCH3 is 2. The smallest absolute Gasteiger partial charge is 0.316 e. The topological polar surface area (TPSA) is 210 Å². The molecule has 0 aromatic heterocycles. The fourth-order valence-corrected chi connectivity index (χ4v) is 6.43. The van der Waals surface area contributed by atoms with Crippen LogP contribution in [0.3, 0.4) is 0 Å². The number of carbonyl (C=O) groups is 3. The van der Waals surface area contributed by atoms with Gasteiger partial charge in [-0.15, -0.1) is 0 Å². The molecule has 2 aromatic rings. The Morgan fingerprint density at radius 1 is 1.00 bits per heavy atom.